The molecule has 62 valence electrons. The van der Waals surface area contributed by atoms with Crippen molar-refractivity contribution in [3.05, 3.63) is 0 Å². The van der Waals surface area contributed by atoms with Crippen LogP contribution in [0.1, 0.15) is 6.92 Å². The zero-order valence-corrected chi connectivity index (χ0v) is 7.79. The van der Waals surface area contributed by atoms with Crippen LogP contribution in [-0.4, -0.2) is 37.3 Å². The van der Waals surface area contributed by atoms with Gasteiger partial charge >= 0.3 is 8.69 Å². The Kier molecular flexibility index (Phi) is 5.99. The van der Waals surface area contributed by atoms with E-state index in [-0.39, 0.29) is 11.7 Å². The van der Waals surface area contributed by atoms with Gasteiger partial charge < -0.3 is 9.96 Å². The molecular weight excluding hydrogens is 153 g/mol. The van der Waals surface area contributed by atoms with Crippen LogP contribution >= 0.6 is 8.69 Å². The van der Waals surface area contributed by atoms with E-state index in [9.17, 15) is 4.57 Å². The highest BCUT2D eigenvalue weighted by Gasteiger charge is 2.21. The summed E-state index contributed by atoms with van der Waals surface area (Å²) in [5, 5.41) is 0. The summed E-state index contributed by atoms with van der Waals surface area (Å²) < 4.78 is 15.5. The van der Waals surface area contributed by atoms with Crippen molar-refractivity contribution in [2.45, 2.75) is 13.2 Å². The molecule has 0 fully saturated rings. The zero-order valence-electron chi connectivity index (χ0n) is 6.79. The SMILES string of the molecule is CC(O[PH+]=O)[N+](C)(C)C.[OH-]. The van der Waals surface area contributed by atoms with E-state index < -0.39 is 8.69 Å². The van der Waals surface area contributed by atoms with Gasteiger partial charge in [0.1, 0.15) is 0 Å². The van der Waals surface area contributed by atoms with Gasteiger partial charge in [-0.05, 0) is 4.57 Å². The molecule has 5 heteroatoms. The van der Waals surface area contributed by atoms with Crippen molar-refractivity contribution < 1.29 is 19.0 Å². The molecule has 2 atom stereocenters. The lowest BCUT2D eigenvalue weighted by molar-refractivity contribution is -0.912. The normalized spacial score (nSPS) is 14.4. The fourth-order valence-electron chi connectivity index (χ4n) is 0.228. The highest BCUT2D eigenvalue weighted by molar-refractivity contribution is 7.17. The number of hydrogen-bond donors (Lipinski definition) is 0. The summed E-state index contributed by atoms with van der Waals surface area (Å²) >= 11 is 0. The summed E-state index contributed by atoms with van der Waals surface area (Å²) in [5.74, 6) is 0. The third-order valence-electron chi connectivity index (χ3n) is 1.31. The molecule has 0 radical (unpaired) electrons. The van der Waals surface area contributed by atoms with E-state index in [0.717, 1.165) is 0 Å². The van der Waals surface area contributed by atoms with Crippen LogP contribution in [0.15, 0.2) is 0 Å². The van der Waals surface area contributed by atoms with Crippen molar-refractivity contribution in [3.63, 3.8) is 0 Å². The van der Waals surface area contributed by atoms with Gasteiger partial charge in [0.05, 0.1) is 21.1 Å². The first kappa shape index (κ1) is 12.6. The number of nitrogens with zero attached hydrogens (tertiary/aromatic N) is 1. The van der Waals surface area contributed by atoms with Crippen LogP contribution in [0.5, 0.6) is 0 Å². The fourth-order valence-corrected chi connectivity index (χ4v) is 0.683. The van der Waals surface area contributed by atoms with Crippen LogP contribution in [0, 0.1) is 0 Å². The van der Waals surface area contributed by atoms with E-state index in [1.165, 1.54) is 0 Å². The van der Waals surface area contributed by atoms with Gasteiger partial charge in [-0.3, -0.25) is 0 Å². The van der Waals surface area contributed by atoms with Crippen LogP contribution in [0.2, 0.25) is 0 Å². The predicted molar refractivity (Wildman–Crippen MR) is 39.5 cm³/mol. The molecule has 4 nitrogen and oxygen atoms in total. The average molecular weight is 168 g/mol. The van der Waals surface area contributed by atoms with Crippen LogP contribution in [0.4, 0.5) is 0 Å². The minimum Gasteiger partial charge on any atom is -0.870 e. The molecule has 0 bridgehead atoms. The van der Waals surface area contributed by atoms with E-state index in [4.69, 9.17) is 4.52 Å². The summed E-state index contributed by atoms with van der Waals surface area (Å²) in [6.45, 7) is 1.89. The molecule has 0 aliphatic carbocycles. The van der Waals surface area contributed by atoms with E-state index >= 15 is 0 Å². The van der Waals surface area contributed by atoms with Crippen LogP contribution < -0.4 is 0 Å². The molecular formula is C5H15NO3P+. The smallest absolute Gasteiger partial charge is 0.500 e. The molecule has 0 aromatic carbocycles. The zero-order chi connectivity index (χ0) is 7.49. The Morgan fingerprint density at radius 3 is 1.90 bits per heavy atom. The van der Waals surface area contributed by atoms with Gasteiger partial charge in [-0.25, -0.2) is 0 Å². The minimum atomic E-state index is -0.654. The number of hydrogen-bond acceptors (Lipinski definition) is 3. The maximum Gasteiger partial charge on any atom is 0.500 e. The Balaban J connectivity index is 0. The summed E-state index contributed by atoms with van der Waals surface area (Å²) in [5.41, 5.74) is 0. The van der Waals surface area contributed by atoms with Gasteiger partial charge in [0.25, 0.3) is 0 Å². The molecule has 0 heterocycles. The molecule has 0 spiro atoms. The lowest BCUT2D eigenvalue weighted by atomic mass is 10.5. The van der Waals surface area contributed by atoms with Gasteiger partial charge in [-0.15, -0.1) is 0 Å². The van der Waals surface area contributed by atoms with E-state index in [2.05, 4.69) is 0 Å². The standard InChI is InChI=1S/C5H14NO2P.H2O/c1-5(8-9-7)6(2,3)4;/h5,9H,1-4H3;1H2/q+2;/p-1. The summed E-state index contributed by atoms with van der Waals surface area (Å²) in [7, 11) is 5.32. The lowest BCUT2D eigenvalue weighted by Crippen LogP contribution is -2.43. The van der Waals surface area contributed by atoms with Crippen LogP contribution in [-0.2, 0) is 9.09 Å². The maximum atomic E-state index is 9.98. The number of rotatable bonds is 3. The molecule has 1 N–H and O–H groups in total. The quantitative estimate of drug-likeness (QED) is 0.356. The Morgan fingerprint density at radius 2 is 1.80 bits per heavy atom. The van der Waals surface area contributed by atoms with E-state index in [0.29, 0.717) is 4.48 Å². The summed E-state index contributed by atoms with van der Waals surface area (Å²) in [6.07, 6.45) is 0.000772. The minimum absolute atomic E-state index is 0. The summed E-state index contributed by atoms with van der Waals surface area (Å²) in [4.78, 5) is 0. The second kappa shape index (κ2) is 4.74. The predicted octanol–water partition coefficient (Wildman–Crippen LogP) is 0.817. The molecule has 10 heavy (non-hydrogen) atoms. The van der Waals surface area contributed by atoms with E-state index in [1.807, 2.05) is 28.1 Å². The van der Waals surface area contributed by atoms with Crippen molar-refractivity contribution in [3.8, 4) is 0 Å². The Hall–Kier alpha value is -0.0200. The molecule has 0 saturated heterocycles. The highest BCUT2D eigenvalue weighted by Crippen LogP contribution is 2.09. The monoisotopic (exact) mass is 168 g/mol. The Bertz CT molecular complexity index is 102. The van der Waals surface area contributed by atoms with Crippen molar-refractivity contribution >= 4 is 8.69 Å². The molecule has 0 amide bonds. The molecule has 0 saturated carbocycles. The van der Waals surface area contributed by atoms with Crippen molar-refractivity contribution in [1.29, 1.82) is 0 Å². The number of quaternary nitrogens is 1. The van der Waals surface area contributed by atoms with Gasteiger partial charge in [0, 0.05) is 6.92 Å². The first-order chi connectivity index (χ1) is 3.98. The van der Waals surface area contributed by atoms with Crippen molar-refractivity contribution in [2.24, 2.45) is 0 Å². The van der Waals surface area contributed by atoms with Gasteiger partial charge in [0.15, 0.2) is 0 Å². The first-order valence-corrected chi connectivity index (χ1v) is 3.64. The fraction of sp³-hybridized carbons (Fsp3) is 1.00. The molecule has 2 unspecified atom stereocenters. The maximum absolute atomic E-state index is 9.98. The van der Waals surface area contributed by atoms with Gasteiger partial charge in [-0.1, -0.05) is 4.52 Å². The second-order valence-electron chi connectivity index (χ2n) is 2.92. The van der Waals surface area contributed by atoms with Crippen LogP contribution in [0.3, 0.4) is 0 Å². The topological polar surface area (TPSA) is 56.3 Å². The lowest BCUT2D eigenvalue weighted by Gasteiger charge is -2.26. The molecule has 0 aromatic rings. The summed E-state index contributed by atoms with van der Waals surface area (Å²) in [6, 6.07) is 0. The second-order valence-corrected chi connectivity index (χ2v) is 3.32. The Morgan fingerprint density at radius 1 is 1.40 bits per heavy atom. The van der Waals surface area contributed by atoms with Crippen molar-refractivity contribution in [1.82, 2.24) is 0 Å². The Labute approximate surface area is 63.0 Å². The first-order valence-electron chi connectivity index (χ1n) is 2.82. The van der Waals surface area contributed by atoms with Gasteiger partial charge in [0.2, 0.25) is 6.23 Å². The third kappa shape index (κ3) is 4.82. The van der Waals surface area contributed by atoms with E-state index in [1.54, 1.807) is 0 Å². The molecule has 0 rings (SSSR count). The highest BCUT2D eigenvalue weighted by atomic mass is 31.1. The molecule has 0 aliphatic rings. The molecule has 0 aromatic heterocycles. The van der Waals surface area contributed by atoms with Gasteiger partial charge in [-0.2, -0.15) is 0 Å². The molecule has 0 aliphatic heterocycles. The van der Waals surface area contributed by atoms with Crippen molar-refractivity contribution in [2.75, 3.05) is 21.1 Å². The largest absolute Gasteiger partial charge is 0.870 e. The van der Waals surface area contributed by atoms with Crippen LogP contribution in [0.25, 0.3) is 0 Å². The average Bonchev–Trinajstić information content (AvgIpc) is 1.64. The third-order valence-corrected chi connectivity index (χ3v) is 1.75.